The van der Waals surface area contributed by atoms with Crippen LogP contribution in [-0.4, -0.2) is 46.1 Å². The lowest BCUT2D eigenvalue weighted by Gasteiger charge is -2.49. The van der Waals surface area contributed by atoms with E-state index in [1.807, 2.05) is 6.07 Å². The van der Waals surface area contributed by atoms with Crippen molar-refractivity contribution in [2.75, 3.05) is 13.1 Å². The number of carbonyl (C=O) groups excluding carboxylic acids is 1. The van der Waals surface area contributed by atoms with E-state index >= 15 is 0 Å². The minimum absolute atomic E-state index is 0.0861. The number of nitrogens with one attached hydrogen (secondary N) is 1. The number of thiazole rings is 1. The van der Waals surface area contributed by atoms with Gasteiger partial charge < -0.3 is 10.4 Å². The Morgan fingerprint density at radius 3 is 2.88 bits per heavy atom. The van der Waals surface area contributed by atoms with Crippen LogP contribution in [0.5, 0.6) is 5.75 Å². The third-order valence-corrected chi connectivity index (χ3v) is 6.35. The van der Waals surface area contributed by atoms with Gasteiger partial charge in [0.2, 0.25) is 0 Å². The van der Waals surface area contributed by atoms with Gasteiger partial charge in [0.05, 0.1) is 4.88 Å². The van der Waals surface area contributed by atoms with Crippen molar-refractivity contribution in [3.63, 3.8) is 0 Å². The van der Waals surface area contributed by atoms with Crippen LogP contribution in [0.1, 0.15) is 29.6 Å². The van der Waals surface area contributed by atoms with Crippen molar-refractivity contribution >= 4 is 17.2 Å². The highest BCUT2D eigenvalue weighted by atomic mass is 32.1. The molecule has 2 atom stereocenters. The molecule has 2 unspecified atom stereocenters. The second-order valence-corrected chi connectivity index (χ2v) is 7.72. The first-order chi connectivity index (χ1) is 11.6. The molecule has 0 aliphatic carbocycles. The number of fused-ring (bicyclic) bond motifs is 3. The number of amides is 1. The Morgan fingerprint density at radius 2 is 2.17 bits per heavy atom. The number of piperidine rings is 3. The van der Waals surface area contributed by atoms with Crippen LogP contribution in [0.3, 0.4) is 0 Å². The minimum Gasteiger partial charge on any atom is -0.508 e. The molecular weight excluding hydrogens is 322 g/mol. The maximum Gasteiger partial charge on any atom is 0.280 e. The number of hydrogen-bond acceptors (Lipinski definition) is 5. The molecule has 1 aromatic heterocycles. The van der Waals surface area contributed by atoms with Gasteiger partial charge in [-0.3, -0.25) is 9.69 Å². The molecular formula is C18H21N3O2S. The van der Waals surface area contributed by atoms with E-state index in [9.17, 15) is 9.90 Å². The lowest BCUT2D eigenvalue weighted by molar-refractivity contribution is 0.0217. The zero-order chi connectivity index (χ0) is 16.7. The highest BCUT2D eigenvalue weighted by Gasteiger charge is 2.40. The summed E-state index contributed by atoms with van der Waals surface area (Å²) in [6.07, 6.45) is 4.04. The molecule has 5 nitrogen and oxygen atoms in total. The first-order valence-corrected chi connectivity index (χ1v) is 9.23. The molecule has 1 aromatic carbocycles. The van der Waals surface area contributed by atoms with Gasteiger partial charge in [0.1, 0.15) is 5.75 Å². The molecule has 0 saturated carbocycles. The highest BCUT2D eigenvalue weighted by Crippen LogP contribution is 2.33. The van der Waals surface area contributed by atoms with Crippen molar-refractivity contribution in [2.45, 2.75) is 31.8 Å². The van der Waals surface area contributed by atoms with Crippen LogP contribution in [0.2, 0.25) is 0 Å². The zero-order valence-corrected chi connectivity index (χ0v) is 14.4. The van der Waals surface area contributed by atoms with Gasteiger partial charge in [0, 0.05) is 18.3 Å². The Labute approximate surface area is 145 Å². The summed E-state index contributed by atoms with van der Waals surface area (Å²) in [4.78, 5) is 20.3. The average molecular weight is 343 g/mol. The average Bonchev–Trinajstić information content (AvgIpc) is 3.09. The fourth-order valence-corrected chi connectivity index (χ4v) is 4.75. The monoisotopic (exact) mass is 343 g/mol. The third kappa shape index (κ3) is 2.80. The van der Waals surface area contributed by atoms with Crippen molar-refractivity contribution in [1.29, 1.82) is 0 Å². The van der Waals surface area contributed by atoms with Gasteiger partial charge in [-0.1, -0.05) is 12.1 Å². The minimum atomic E-state index is -0.0861. The quantitative estimate of drug-likeness (QED) is 0.899. The summed E-state index contributed by atoms with van der Waals surface area (Å²) in [5.74, 6) is 0.712. The number of rotatable bonds is 3. The molecule has 2 bridgehead atoms. The number of phenols is 1. The fraction of sp³-hybridized carbons (Fsp3) is 0.444. The molecule has 0 spiro atoms. The Bertz CT molecular complexity index is 750. The van der Waals surface area contributed by atoms with Gasteiger partial charge in [0.15, 0.2) is 5.01 Å². The lowest BCUT2D eigenvalue weighted by atomic mass is 9.79. The number of hydrogen-bond donors (Lipinski definition) is 2. The molecule has 0 radical (unpaired) electrons. The van der Waals surface area contributed by atoms with E-state index in [4.69, 9.17) is 0 Å². The van der Waals surface area contributed by atoms with Crippen LogP contribution in [0, 0.1) is 5.92 Å². The predicted molar refractivity (Wildman–Crippen MR) is 94.2 cm³/mol. The normalized spacial score (nSPS) is 28.7. The van der Waals surface area contributed by atoms with Crippen molar-refractivity contribution in [3.05, 3.63) is 35.5 Å². The van der Waals surface area contributed by atoms with Crippen LogP contribution in [0.15, 0.2) is 30.5 Å². The van der Waals surface area contributed by atoms with E-state index < -0.39 is 0 Å². The summed E-state index contributed by atoms with van der Waals surface area (Å²) in [6.45, 7) is 4.50. The van der Waals surface area contributed by atoms with E-state index in [1.54, 1.807) is 24.4 Å². The van der Waals surface area contributed by atoms with Gasteiger partial charge in [-0.05, 0) is 56.5 Å². The summed E-state index contributed by atoms with van der Waals surface area (Å²) in [6, 6.07) is 7.63. The molecule has 2 aromatic rings. The molecule has 2 N–H and O–H groups in total. The smallest absolute Gasteiger partial charge is 0.280 e. The number of benzene rings is 1. The number of nitrogens with zero attached hydrogens (tertiary/aromatic N) is 2. The first kappa shape index (κ1) is 15.6. The molecule has 1 amide bonds. The molecule has 5 rings (SSSR count). The third-order valence-electron chi connectivity index (χ3n) is 5.31. The van der Waals surface area contributed by atoms with Crippen molar-refractivity contribution in [1.82, 2.24) is 15.2 Å². The molecule has 3 aliphatic rings. The van der Waals surface area contributed by atoms with Gasteiger partial charge in [-0.2, -0.15) is 0 Å². The molecule has 4 heterocycles. The Balaban J connectivity index is 1.49. The predicted octanol–water partition coefficient (Wildman–Crippen LogP) is 2.73. The van der Waals surface area contributed by atoms with E-state index in [0.717, 1.165) is 23.5 Å². The Hall–Kier alpha value is -1.92. The van der Waals surface area contributed by atoms with E-state index in [2.05, 4.69) is 22.1 Å². The van der Waals surface area contributed by atoms with Crippen molar-refractivity contribution < 1.29 is 9.90 Å². The number of phenolic OH excluding ortho intramolecular Hbond substituents is 1. The molecule has 6 heteroatoms. The highest BCUT2D eigenvalue weighted by molar-refractivity contribution is 7.17. The van der Waals surface area contributed by atoms with Crippen LogP contribution >= 0.6 is 11.3 Å². The first-order valence-electron chi connectivity index (χ1n) is 8.42. The largest absolute Gasteiger partial charge is 0.508 e. The van der Waals surface area contributed by atoms with Crippen molar-refractivity contribution in [3.8, 4) is 16.2 Å². The summed E-state index contributed by atoms with van der Waals surface area (Å²) < 4.78 is 0. The maximum atomic E-state index is 12.6. The van der Waals surface area contributed by atoms with Crippen LogP contribution < -0.4 is 5.32 Å². The second kappa shape index (κ2) is 6.18. The van der Waals surface area contributed by atoms with E-state index in [0.29, 0.717) is 17.0 Å². The molecule has 3 aliphatic heterocycles. The van der Waals surface area contributed by atoms with Crippen LogP contribution in [0.25, 0.3) is 10.4 Å². The van der Waals surface area contributed by atoms with Gasteiger partial charge in [0.25, 0.3) is 5.91 Å². The zero-order valence-electron chi connectivity index (χ0n) is 13.6. The molecule has 24 heavy (non-hydrogen) atoms. The molecule has 3 fully saturated rings. The standard InChI is InChI=1S/C18H21N3O2S/c1-11-16(12-5-7-21(11)8-6-12)20-17(23)18-19-10-15(24-18)13-3-2-4-14(22)9-13/h2-4,9-12,16,22H,5-8H2,1H3,(H,20,23). The van der Waals surface area contributed by atoms with E-state index in [-0.39, 0.29) is 17.7 Å². The Morgan fingerprint density at radius 1 is 1.38 bits per heavy atom. The number of aromatic nitrogens is 1. The summed E-state index contributed by atoms with van der Waals surface area (Å²) in [7, 11) is 0. The fourth-order valence-electron chi connectivity index (χ4n) is 3.93. The molecule has 3 saturated heterocycles. The van der Waals surface area contributed by atoms with E-state index in [1.165, 1.54) is 24.2 Å². The van der Waals surface area contributed by atoms with Gasteiger partial charge in [-0.25, -0.2) is 4.98 Å². The summed E-state index contributed by atoms with van der Waals surface area (Å²) >= 11 is 1.36. The maximum absolute atomic E-state index is 12.6. The Kier molecular flexibility index (Phi) is 4.02. The van der Waals surface area contributed by atoms with Gasteiger partial charge in [-0.15, -0.1) is 11.3 Å². The van der Waals surface area contributed by atoms with Gasteiger partial charge >= 0.3 is 0 Å². The summed E-state index contributed by atoms with van der Waals surface area (Å²) in [5.41, 5.74) is 0.878. The van der Waals surface area contributed by atoms with Crippen molar-refractivity contribution in [2.24, 2.45) is 5.92 Å². The topological polar surface area (TPSA) is 65.5 Å². The van der Waals surface area contributed by atoms with Crippen LogP contribution in [-0.2, 0) is 0 Å². The lowest BCUT2D eigenvalue weighted by Crippen LogP contribution is -2.62. The SMILES string of the molecule is CC1C(NC(=O)c2ncc(-c3cccc(O)c3)s2)C2CCN1CC2. The molecule has 126 valence electrons. The summed E-state index contributed by atoms with van der Waals surface area (Å²) in [5, 5.41) is 13.3. The van der Waals surface area contributed by atoms with Crippen LogP contribution in [0.4, 0.5) is 0 Å². The number of aromatic hydroxyl groups is 1. The second-order valence-electron chi connectivity index (χ2n) is 6.69. The number of carbonyl (C=O) groups is 1.